The zero-order valence-corrected chi connectivity index (χ0v) is 12.4. The fourth-order valence-corrected chi connectivity index (χ4v) is 2.67. The maximum Gasteiger partial charge on any atom is 0.223 e. The molecule has 110 valence electrons. The Morgan fingerprint density at radius 1 is 1.05 bits per heavy atom. The number of carbonyl (C=O) groups excluding carboxylic acids is 1. The van der Waals surface area contributed by atoms with E-state index in [1.807, 2.05) is 0 Å². The second-order valence-corrected chi connectivity index (χ2v) is 5.90. The Labute approximate surface area is 117 Å². The first-order valence-corrected chi connectivity index (χ1v) is 8.02. The van der Waals surface area contributed by atoms with E-state index in [-0.39, 0.29) is 5.91 Å². The molecule has 0 aromatic carbocycles. The second kappa shape index (κ2) is 7.85. The van der Waals surface area contributed by atoms with Crippen molar-refractivity contribution in [3.05, 3.63) is 0 Å². The molecule has 0 spiro atoms. The van der Waals surface area contributed by atoms with Crippen LogP contribution < -0.4 is 5.32 Å². The van der Waals surface area contributed by atoms with Gasteiger partial charge in [-0.25, -0.2) is 0 Å². The van der Waals surface area contributed by atoms with Crippen molar-refractivity contribution in [1.82, 2.24) is 15.1 Å². The zero-order valence-electron chi connectivity index (χ0n) is 12.4. The number of unbranched alkanes of at least 4 members (excludes halogenated alkanes) is 2. The van der Waals surface area contributed by atoms with Crippen molar-refractivity contribution >= 4 is 5.91 Å². The van der Waals surface area contributed by atoms with Crippen LogP contribution in [0.25, 0.3) is 0 Å². The second-order valence-electron chi connectivity index (χ2n) is 5.90. The lowest BCUT2D eigenvalue weighted by molar-refractivity contribution is -0.122. The van der Waals surface area contributed by atoms with Gasteiger partial charge in [-0.2, -0.15) is 0 Å². The van der Waals surface area contributed by atoms with Crippen molar-refractivity contribution in [1.29, 1.82) is 0 Å². The van der Waals surface area contributed by atoms with Gasteiger partial charge in [-0.1, -0.05) is 13.3 Å². The number of likely N-dealkylation sites (N-methyl/N-ethyl adjacent to an activating group) is 1. The van der Waals surface area contributed by atoms with Crippen LogP contribution in [0.4, 0.5) is 0 Å². The summed E-state index contributed by atoms with van der Waals surface area (Å²) in [5.41, 5.74) is 0. The van der Waals surface area contributed by atoms with Gasteiger partial charge in [-0.15, -0.1) is 0 Å². The molecule has 1 N–H and O–H groups in total. The fourth-order valence-electron chi connectivity index (χ4n) is 2.67. The monoisotopic (exact) mass is 267 g/mol. The highest BCUT2D eigenvalue weighted by Crippen LogP contribution is 2.28. The Balaban J connectivity index is 1.40. The topological polar surface area (TPSA) is 35.6 Å². The Kier molecular flexibility index (Phi) is 6.11. The lowest BCUT2D eigenvalue weighted by atomic mass is 10.2. The average molecular weight is 267 g/mol. The quantitative estimate of drug-likeness (QED) is 0.674. The summed E-state index contributed by atoms with van der Waals surface area (Å²) in [5, 5.41) is 3.04. The zero-order chi connectivity index (χ0) is 13.5. The van der Waals surface area contributed by atoms with Crippen LogP contribution >= 0.6 is 0 Å². The van der Waals surface area contributed by atoms with E-state index in [9.17, 15) is 4.79 Å². The number of amides is 1. The molecular weight excluding hydrogens is 238 g/mol. The van der Waals surface area contributed by atoms with Crippen LogP contribution in [-0.4, -0.2) is 61.5 Å². The Hall–Kier alpha value is -0.610. The fraction of sp³-hybridized carbons (Fsp3) is 0.933. The van der Waals surface area contributed by atoms with Gasteiger partial charge in [-0.05, 0) is 38.8 Å². The molecule has 0 bridgehead atoms. The van der Waals surface area contributed by atoms with Crippen LogP contribution in [0.3, 0.4) is 0 Å². The number of piperazine rings is 1. The van der Waals surface area contributed by atoms with Crippen LogP contribution in [0.5, 0.6) is 0 Å². The molecule has 2 rings (SSSR count). The van der Waals surface area contributed by atoms with Gasteiger partial charge in [0.05, 0.1) is 0 Å². The summed E-state index contributed by atoms with van der Waals surface area (Å²) in [6, 6.07) is 0. The molecule has 0 unspecified atom stereocenters. The molecule has 1 aliphatic heterocycles. The summed E-state index contributed by atoms with van der Waals surface area (Å²) in [4.78, 5) is 16.5. The molecule has 1 aliphatic carbocycles. The van der Waals surface area contributed by atoms with Crippen molar-refractivity contribution in [3.63, 3.8) is 0 Å². The minimum absolute atomic E-state index is 0.288. The van der Waals surface area contributed by atoms with Crippen molar-refractivity contribution < 1.29 is 4.79 Å². The maximum absolute atomic E-state index is 11.4. The van der Waals surface area contributed by atoms with Gasteiger partial charge in [0.2, 0.25) is 5.91 Å². The molecule has 0 atom stereocenters. The first-order valence-electron chi connectivity index (χ1n) is 8.02. The van der Waals surface area contributed by atoms with E-state index in [1.165, 1.54) is 52.1 Å². The molecule has 1 saturated carbocycles. The largest absolute Gasteiger partial charge is 0.356 e. The predicted molar refractivity (Wildman–Crippen MR) is 78.1 cm³/mol. The third-order valence-corrected chi connectivity index (χ3v) is 4.31. The molecule has 2 fully saturated rings. The third-order valence-electron chi connectivity index (χ3n) is 4.31. The van der Waals surface area contributed by atoms with Crippen LogP contribution in [0, 0.1) is 5.92 Å². The van der Waals surface area contributed by atoms with Crippen molar-refractivity contribution in [2.45, 2.75) is 39.0 Å². The molecular formula is C15H29N3O. The summed E-state index contributed by atoms with van der Waals surface area (Å²) < 4.78 is 0. The normalized spacial score (nSPS) is 21.5. The summed E-state index contributed by atoms with van der Waals surface area (Å²) in [6.07, 6.45) is 5.85. The molecule has 4 nitrogen and oxygen atoms in total. The Morgan fingerprint density at radius 3 is 2.37 bits per heavy atom. The van der Waals surface area contributed by atoms with E-state index >= 15 is 0 Å². The molecule has 19 heavy (non-hydrogen) atoms. The Bertz CT molecular complexity index is 271. The van der Waals surface area contributed by atoms with Crippen molar-refractivity contribution in [3.8, 4) is 0 Å². The van der Waals surface area contributed by atoms with Gasteiger partial charge in [0.25, 0.3) is 0 Å². The van der Waals surface area contributed by atoms with Crippen LogP contribution in [0.2, 0.25) is 0 Å². The lowest BCUT2D eigenvalue weighted by Gasteiger charge is -2.33. The molecule has 1 amide bonds. The molecule has 1 saturated heterocycles. The third kappa shape index (κ3) is 5.49. The first-order chi connectivity index (χ1) is 9.29. The Morgan fingerprint density at radius 2 is 1.74 bits per heavy atom. The number of hydrogen-bond donors (Lipinski definition) is 1. The van der Waals surface area contributed by atoms with E-state index in [4.69, 9.17) is 0 Å². The van der Waals surface area contributed by atoms with Gasteiger partial charge < -0.3 is 15.1 Å². The van der Waals surface area contributed by atoms with E-state index in [0.717, 1.165) is 25.8 Å². The molecule has 4 heteroatoms. The van der Waals surface area contributed by atoms with Crippen molar-refractivity contribution in [2.24, 2.45) is 5.92 Å². The molecule has 2 aliphatic rings. The molecule has 0 radical (unpaired) electrons. The van der Waals surface area contributed by atoms with Gasteiger partial charge >= 0.3 is 0 Å². The number of rotatable bonds is 8. The molecule has 0 aromatic rings. The summed E-state index contributed by atoms with van der Waals surface area (Å²) >= 11 is 0. The predicted octanol–water partition coefficient (Wildman–Crippen LogP) is 1.32. The van der Waals surface area contributed by atoms with E-state index in [2.05, 4.69) is 22.0 Å². The van der Waals surface area contributed by atoms with Crippen molar-refractivity contribution in [2.75, 3.05) is 45.8 Å². The summed E-state index contributed by atoms with van der Waals surface area (Å²) in [5.74, 6) is 0.644. The first kappa shape index (κ1) is 14.8. The lowest BCUT2D eigenvalue weighted by Crippen LogP contribution is -2.46. The van der Waals surface area contributed by atoms with E-state index in [0.29, 0.717) is 5.92 Å². The smallest absolute Gasteiger partial charge is 0.223 e. The van der Waals surface area contributed by atoms with Crippen LogP contribution in [0.1, 0.15) is 39.0 Å². The number of nitrogens with one attached hydrogen (secondary N) is 1. The van der Waals surface area contributed by atoms with Gasteiger partial charge in [0.15, 0.2) is 0 Å². The minimum atomic E-state index is 0.288. The van der Waals surface area contributed by atoms with Crippen LogP contribution in [-0.2, 0) is 4.79 Å². The number of carbonyl (C=O) groups is 1. The molecule has 1 heterocycles. The highest BCUT2D eigenvalue weighted by Gasteiger charge is 2.28. The maximum atomic E-state index is 11.4. The highest BCUT2D eigenvalue weighted by molar-refractivity contribution is 5.80. The van der Waals surface area contributed by atoms with Gasteiger partial charge in [0.1, 0.15) is 0 Å². The van der Waals surface area contributed by atoms with Gasteiger partial charge in [-0.3, -0.25) is 4.79 Å². The summed E-state index contributed by atoms with van der Waals surface area (Å²) in [7, 11) is 0. The van der Waals surface area contributed by atoms with E-state index in [1.54, 1.807) is 0 Å². The summed E-state index contributed by atoms with van der Waals surface area (Å²) in [6.45, 7) is 10.5. The number of nitrogens with zero attached hydrogens (tertiary/aromatic N) is 2. The highest BCUT2D eigenvalue weighted by atomic mass is 16.2. The van der Waals surface area contributed by atoms with E-state index < -0.39 is 0 Å². The molecule has 0 aromatic heterocycles. The standard InChI is InChI=1S/C15H29N3O/c1-2-17-10-12-18(13-11-17)9-5-3-4-8-16-15(19)14-6-7-14/h14H,2-13H2,1H3,(H,16,19). The average Bonchev–Trinajstić information content (AvgIpc) is 3.27. The van der Waals surface area contributed by atoms with Crippen LogP contribution in [0.15, 0.2) is 0 Å². The van der Waals surface area contributed by atoms with Gasteiger partial charge in [0, 0.05) is 38.6 Å². The number of hydrogen-bond acceptors (Lipinski definition) is 3. The minimum Gasteiger partial charge on any atom is -0.356 e. The SMILES string of the molecule is CCN1CCN(CCCCCNC(=O)C2CC2)CC1.